The Hall–Kier alpha value is -1.25. The van der Waals surface area contributed by atoms with Crippen LogP contribution in [0.25, 0.3) is 0 Å². The van der Waals surface area contributed by atoms with Crippen molar-refractivity contribution < 1.29 is 9.53 Å². The zero-order valence-corrected chi connectivity index (χ0v) is 12.5. The van der Waals surface area contributed by atoms with Gasteiger partial charge in [0, 0.05) is 12.6 Å². The zero-order chi connectivity index (χ0) is 14.2. The second-order valence-electron chi connectivity index (χ2n) is 6.58. The van der Waals surface area contributed by atoms with Crippen molar-refractivity contribution >= 4 is 5.91 Å². The summed E-state index contributed by atoms with van der Waals surface area (Å²) < 4.78 is 5.38. The fourth-order valence-corrected chi connectivity index (χ4v) is 4.04. The molecule has 0 N–H and O–H groups in total. The molecule has 2 aliphatic heterocycles. The number of likely N-dealkylation sites (tertiary alicyclic amines) is 1. The van der Waals surface area contributed by atoms with Gasteiger partial charge in [0.1, 0.15) is 12.4 Å². The molecule has 2 unspecified atom stereocenters. The Morgan fingerprint density at radius 1 is 1.40 bits per heavy atom. The molecule has 20 heavy (non-hydrogen) atoms. The normalized spacial score (nSPS) is 34.4. The molecule has 0 radical (unpaired) electrons. The van der Waals surface area contributed by atoms with Crippen molar-refractivity contribution in [3.8, 4) is 0 Å². The van der Waals surface area contributed by atoms with E-state index in [1.165, 1.54) is 25.7 Å². The van der Waals surface area contributed by atoms with Crippen LogP contribution in [-0.4, -0.2) is 24.0 Å². The number of rotatable bonds is 2. The standard InChI is InChI=1S/C17H25NO2/c1-3-14-5-4-7-17(8-6-14)9-10-18(16(17)19)15-11-13(2)20-12-15/h11,14H,2-10,12H2,1H3. The largest absolute Gasteiger partial charge is 0.488 e. The molecule has 3 nitrogen and oxygen atoms in total. The summed E-state index contributed by atoms with van der Waals surface area (Å²) in [6.45, 7) is 7.45. The van der Waals surface area contributed by atoms with Crippen molar-refractivity contribution in [3.63, 3.8) is 0 Å². The lowest BCUT2D eigenvalue weighted by Gasteiger charge is -2.26. The first-order valence-corrected chi connectivity index (χ1v) is 7.99. The molecule has 0 aromatic rings. The number of ether oxygens (including phenoxy) is 1. The Morgan fingerprint density at radius 3 is 2.95 bits per heavy atom. The van der Waals surface area contributed by atoms with E-state index in [-0.39, 0.29) is 5.41 Å². The highest BCUT2D eigenvalue weighted by Crippen LogP contribution is 2.46. The van der Waals surface area contributed by atoms with E-state index in [0.29, 0.717) is 18.3 Å². The average molecular weight is 275 g/mol. The van der Waals surface area contributed by atoms with E-state index in [0.717, 1.165) is 37.4 Å². The molecule has 0 bridgehead atoms. The highest BCUT2D eigenvalue weighted by molar-refractivity contribution is 5.86. The lowest BCUT2D eigenvalue weighted by molar-refractivity contribution is -0.135. The molecule has 110 valence electrons. The van der Waals surface area contributed by atoms with Crippen molar-refractivity contribution in [1.29, 1.82) is 0 Å². The Balaban J connectivity index is 1.74. The molecular weight excluding hydrogens is 250 g/mol. The smallest absolute Gasteiger partial charge is 0.233 e. The first-order chi connectivity index (χ1) is 9.64. The molecule has 2 heterocycles. The van der Waals surface area contributed by atoms with Crippen LogP contribution in [0.3, 0.4) is 0 Å². The number of hydrogen-bond acceptors (Lipinski definition) is 2. The van der Waals surface area contributed by atoms with Crippen molar-refractivity contribution in [2.45, 2.75) is 51.9 Å². The molecule has 2 fully saturated rings. The molecule has 2 atom stereocenters. The van der Waals surface area contributed by atoms with Gasteiger partial charge < -0.3 is 9.64 Å². The van der Waals surface area contributed by atoms with Crippen LogP contribution >= 0.6 is 0 Å². The third-order valence-corrected chi connectivity index (χ3v) is 5.47. The van der Waals surface area contributed by atoms with Crippen LogP contribution in [0, 0.1) is 11.3 Å². The lowest BCUT2D eigenvalue weighted by atomic mass is 9.78. The van der Waals surface area contributed by atoms with Gasteiger partial charge in [0.05, 0.1) is 11.1 Å². The third kappa shape index (κ3) is 2.27. The predicted molar refractivity (Wildman–Crippen MR) is 78.8 cm³/mol. The monoisotopic (exact) mass is 275 g/mol. The zero-order valence-electron chi connectivity index (χ0n) is 12.5. The van der Waals surface area contributed by atoms with Gasteiger partial charge in [-0.25, -0.2) is 0 Å². The molecule has 1 spiro atoms. The maximum Gasteiger partial charge on any atom is 0.233 e. The van der Waals surface area contributed by atoms with Crippen LogP contribution in [0.4, 0.5) is 0 Å². The minimum atomic E-state index is -0.0747. The highest BCUT2D eigenvalue weighted by Gasteiger charge is 2.48. The molecule has 3 aliphatic rings. The van der Waals surface area contributed by atoms with Crippen molar-refractivity contribution in [1.82, 2.24) is 4.90 Å². The maximum absolute atomic E-state index is 12.9. The van der Waals surface area contributed by atoms with E-state index in [1.807, 2.05) is 11.0 Å². The van der Waals surface area contributed by atoms with Crippen molar-refractivity contribution in [3.05, 3.63) is 24.1 Å². The first-order valence-electron chi connectivity index (χ1n) is 7.99. The van der Waals surface area contributed by atoms with E-state index < -0.39 is 0 Å². The SMILES string of the molecule is C=C1C=C(N2CCC3(CCCC(CC)CC3)C2=O)CO1. The quantitative estimate of drug-likeness (QED) is 0.770. The van der Waals surface area contributed by atoms with Gasteiger partial charge in [-0.15, -0.1) is 0 Å². The van der Waals surface area contributed by atoms with Crippen LogP contribution in [0.1, 0.15) is 51.9 Å². The van der Waals surface area contributed by atoms with Gasteiger partial charge in [-0.3, -0.25) is 4.79 Å². The molecule has 1 aliphatic carbocycles. The van der Waals surface area contributed by atoms with Crippen LogP contribution < -0.4 is 0 Å². The van der Waals surface area contributed by atoms with Gasteiger partial charge in [-0.05, 0) is 31.6 Å². The van der Waals surface area contributed by atoms with Crippen molar-refractivity contribution in [2.24, 2.45) is 11.3 Å². The van der Waals surface area contributed by atoms with E-state index in [9.17, 15) is 4.79 Å². The van der Waals surface area contributed by atoms with Gasteiger partial charge in [0.2, 0.25) is 5.91 Å². The Labute approximate surface area is 121 Å². The summed E-state index contributed by atoms with van der Waals surface area (Å²) in [6.07, 6.45) is 10.1. The minimum Gasteiger partial charge on any atom is -0.488 e. The summed E-state index contributed by atoms with van der Waals surface area (Å²) in [5.74, 6) is 1.85. The molecular formula is C17H25NO2. The Morgan fingerprint density at radius 2 is 2.25 bits per heavy atom. The van der Waals surface area contributed by atoms with Crippen LogP contribution in [0.5, 0.6) is 0 Å². The van der Waals surface area contributed by atoms with E-state index in [1.54, 1.807) is 0 Å². The minimum absolute atomic E-state index is 0.0747. The molecule has 1 saturated carbocycles. The van der Waals surface area contributed by atoms with Gasteiger partial charge >= 0.3 is 0 Å². The molecule has 1 amide bonds. The fraction of sp³-hybridized carbons (Fsp3) is 0.706. The molecule has 0 aromatic heterocycles. The second kappa shape index (κ2) is 5.27. The number of allylic oxidation sites excluding steroid dienone is 1. The average Bonchev–Trinajstić information content (AvgIpc) is 2.91. The number of carbonyl (C=O) groups excluding carboxylic acids is 1. The van der Waals surface area contributed by atoms with Gasteiger partial charge in [-0.2, -0.15) is 0 Å². The topological polar surface area (TPSA) is 29.5 Å². The van der Waals surface area contributed by atoms with Crippen molar-refractivity contribution in [2.75, 3.05) is 13.2 Å². The second-order valence-corrected chi connectivity index (χ2v) is 6.58. The first kappa shape index (κ1) is 13.7. The number of amides is 1. The summed E-state index contributed by atoms with van der Waals surface area (Å²) in [4.78, 5) is 14.9. The number of carbonyl (C=O) groups is 1. The van der Waals surface area contributed by atoms with E-state index in [4.69, 9.17) is 4.74 Å². The summed E-state index contributed by atoms with van der Waals surface area (Å²) in [5, 5.41) is 0. The Bertz CT molecular complexity index is 454. The van der Waals surface area contributed by atoms with Crippen LogP contribution in [0.2, 0.25) is 0 Å². The summed E-state index contributed by atoms with van der Waals surface area (Å²) in [6, 6.07) is 0. The van der Waals surface area contributed by atoms with Gasteiger partial charge in [0.25, 0.3) is 0 Å². The lowest BCUT2D eigenvalue weighted by Crippen LogP contribution is -2.34. The van der Waals surface area contributed by atoms with E-state index in [2.05, 4.69) is 13.5 Å². The molecule has 3 rings (SSSR count). The van der Waals surface area contributed by atoms with Gasteiger partial charge in [0.15, 0.2) is 0 Å². The predicted octanol–water partition coefficient (Wildman–Crippen LogP) is 3.62. The summed E-state index contributed by atoms with van der Waals surface area (Å²) >= 11 is 0. The summed E-state index contributed by atoms with van der Waals surface area (Å²) in [7, 11) is 0. The fourth-order valence-electron chi connectivity index (χ4n) is 4.04. The van der Waals surface area contributed by atoms with Crippen LogP contribution in [0.15, 0.2) is 24.1 Å². The van der Waals surface area contributed by atoms with E-state index >= 15 is 0 Å². The van der Waals surface area contributed by atoms with Gasteiger partial charge in [-0.1, -0.05) is 32.8 Å². The molecule has 1 saturated heterocycles. The third-order valence-electron chi connectivity index (χ3n) is 5.47. The maximum atomic E-state index is 12.9. The van der Waals surface area contributed by atoms with Crippen LogP contribution in [-0.2, 0) is 9.53 Å². The summed E-state index contributed by atoms with van der Waals surface area (Å²) in [5.41, 5.74) is 0.933. The highest BCUT2D eigenvalue weighted by atomic mass is 16.5. The number of hydrogen-bond donors (Lipinski definition) is 0. The molecule has 0 aromatic carbocycles. The Kier molecular flexibility index (Phi) is 3.61. The number of nitrogens with zero attached hydrogens (tertiary/aromatic N) is 1. The molecule has 3 heteroatoms.